The van der Waals surface area contributed by atoms with Crippen molar-refractivity contribution in [2.45, 2.75) is 25.9 Å². The number of benzene rings is 2. The van der Waals surface area contributed by atoms with Gasteiger partial charge in [0, 0.05) is 0 Å². The highest BCUT2D eigenvalue weighted by Gasteiger charge is 2.36. The van der Waals surface area contributed by atoms with Gasteiger partial charge in [0.2, 0.25) is 0 Å². The van der Waals surface area contributed by atoms with Crippen LogP contribution >= 0.6 is 0 Å². The van der Waals surface area contributed by atoms with Gasteiger partial charge in [0.1, 0.15) is 8.07 Å². The summed E-state index contributed by atoms with van der Waals surface area (Å²) in [5.74, 6) is 0. The molecule has 0 bridgehead atoms. The predicted octanol–water partition coefficient (Wildman–Crippen LogP) is 5.05. The fourth-order valence-electron chi connectivity index (χ4n) is 3.89. The van der Waals surface area contributed by atoms with E-state index < -0.39 is 8.07 Å². The van der Waals surface area contributed by atoms with Crippen LogP contribution in [-0.4, -0.2) is 8.07 Å². The van der Waals surface area contributed by atoms with Gasteiger partial charge in [-0.3, -0.25) is 0 Å². The molecule has 2 aliphatic carbocycles. The molecule has 2 aromatic carbocycles. The lowest BCUT2D eigenvalue weighted by atomic mass is 10.1. The molecule has 0 saturated heterocycles. The van der Waals surface area contributed by atoms with Crippen molar-refractivity contribution >= 4 is 18.5 Å². The molecule has 0 aromatic heterocycles. The Balaban J connectivity index is 1.80. The standard InChI is InChI=1S/C20H20Si/c1-21(2,19-13-11-15-7-3-5-9-17(15)19)20-14-12-16-8-4-6-10-18(16)20/h3-10,13-14H,11-12H2,1-2H3. The molecule has 21 heavy (non-hydrogen) atoms. The van der Waals surface area contributed by atoms with E-state index in [1.807, 2.05) is 0 Å². The molecule has 0 fully saturated rings. The average molecular weight is 288 g/mol. The third kappa shape index (κ3) is 1.88. The Bertz CT molecular complexity index is 712. The molecule has 104 valence electrons. The molecule has 4 rings (SSSR count). The molecule has 0 unspecified atom stereocenters. The van der Waals surface area contributed by atoms with E-state index >= 15 is 0 Å². The smallest absolute Gasteiger partial charge is 0.0798 e. The van der Waals surface area contributed by atoms with Crippen molar-refractivity contribution in [3.8, 4) is 0 Å². The molecule has 0 amide bonds. The summed E-state index contributed by atoms with van der Waals surface area (Å²) < 4.78 is 0. The van der Waals surface area contributed by atoms with Gasteiger partial charge in [0.05, 0.1) is 0 Å². The van der Waals surface area contributed by atoms with Crippen molar-refractivity contribution < 1.29 is 0 Å². The van der Waals surface area contributed by atoms with Crippen molar-refractivity contribution in [3.63, 3.8) is 0 Å². The lowest BCUT2D eigenvalue weighted by molar-refractivity contribution is 1.31. The van der Waals surface area contributed by atoms with Crippen molar-refractivity contribution in [1.82, 2.24) is 0 Å². The molecule has 0 nitrogen and oxygen atoms in total. The van der Waals surface area contributed by atoms with Crippen molar-refractivity contribution in [2.75, 3.05) is 0 Å². The van der Waals surface area contributed by atoms with E-state index in [1.54, 1.807) is 10.4 Å². The second-order valence-corrected chi connectivity index (χ2v) is 10.9. The third-order valence-electron chi connectivity index (χ3n) is 5.01. The van der Waals surface area contributed by atoms with Crippen LogP contribution in [0.15, 0.2) is 60.7 Å². The van der Waals surface area contributed by atoms with Gasteiger partial charge in [-0.25, -0.2) is 0 Å². The first-order valence-electron chi connectivity index (χ1n) is 7.76. The number of allylic oxidation sites excluding steroid dienone is 2. The van der Waals surface area contributed by atoms with Gasteiger partial charge < -0.3 is 0 Å². The Morgan fingerprint density at radius 2 is 1.10 bits per heavy atom. The molecular formula is C20H20Si. The summed E-state index contributed by atoms with van der Waals surface area (Å²) in [4.78, 5) is 0. The second-order valence-electron chi connectivity index (χ2n) is 6.58. The number of hydrogen-bond acceptors (Lipinski definition) is 0. The van der Waals surface area contributed by atoms with Crippen LogP contribution in [0.3, 0.4) is 0 Å². The Labute approximate surface area is 127 Å². The number of hydrogen-bond donors (Lipinski definition) is 0. The van der Waals surface area contributed by atoms with E-state index in [4.69, 9.17) is 0 Å². The highest BCUT2D eigenvalue weighted by Crippen LogP contribution is 2.43. The van der Waals surface area contributed by atoms with Crippen LogP contribution in [0.5, 0.6) is 0 Å². The summed E-state index contributed by atoms with van der Waals surface area (Å²) in [6.45, 7) is 5.02. The zero-order valence-corrected chi connectivity index (χ0v) is 13.7. The van der Waals surface area contributed by atoms with E-state index in [0.717, 1.165) is 12.8 Å². The van der Waals surface area contributed by atoms with Gasteiger partial charge in [-0.05, 0) is 35.1 Å². The Morgan fingerprint density at radius 1 is 0.667 bits per heavy atom. The van der Waals surface area contributed by atoms with Gasteiger partial charge in [0.25, 0.3) is 0 Å². The molecule has 0 aliphatic heterocycles. The zero-order valence-electron chi connectivity index (χ0n) is 12.7. The molecule has 0 atom stereocenters. The van der Waals surface area contributed by atoms with Gasteiger partial charge in [-0.2, -0.15) is 0 Å². The zero-order chi connectivity index (χ0) is 14.4. The summed E-state index contributed by atoms with van der Waals surface area (Å²) in [7, 11) is -1.62. The molecular weight excluding hydrogens is 268 g/mol. The van der Waals surface area contributed by atoms with Gasteiger partial charge in [0.15, 0.2) is 0 Å². The maximum absolute atomic E-state index is 2.51. The normalized spacial score (nSPS) is 16.3. The minimum absolute atomic E-state index is 1.11. The van der Waals surface area contributed by atoms with Crippen molar-refractivity contribution in [1.29, 1.82) is 0 Å². The highest BCUT2D eigenvalue weighted by molar-refractivity contribution is 7.08. The fourth-order valence-corrected chi connectivity index (χ4v) is 7.24. The molecule has 0 heterocycles. The maximum atomic E-state index is 2.51. The second kappa shape index (κ2) is 4.57. The van der Waals surface area contributed by atoms with Gasteiger partial charge >= 0.3 is 0 Å². The van der Waals surface area contributed by atoms with Gasteiger partial charge in [-0.1, -0.05) is 84.2 Å². The fraction of sp³-hybridized carbons (Fsp3) is 0.200. The molecule has 1 heteroatoms. The van der Waals surface area contributed by atoms with E-state index in [-0.39, 0.29) is 0 Å². The van der Waals surface area contributed by atoms with Crippen LogP contribution in [0.4, 0.5) is 0 Å². The van der Waals surface area contributed by atoms with Crippen LogP contribution in [0, 0.1) is 0 Å². The number of rotatable bonds is 2. The van der Waals surface area contributed by atoms with E-state index in [0.29, 0.717) is 0 Å². The van der Waals surface area contributed by atoms with Crippen LogP contribution in [0.2, 0.25) is 13.1 Å². The summed E-state index contributed by atoms with van der Waals surface area (Å²) in [5.41, 5.74) is 6.00. The van der Waals surface area contributed by atoms with E-state index in [9.17, 15) is 0 Å². The molecule has 0 spiro atoms. The first kappa shape index (κ1) is 12.8. The van der Waals surface area contributed by atoms with Gasteiger partial charge in [-0.15, -0.1) is 0 Å². The predicted molar refractivity (Wildman–Crippen MR) is 93.7 cm³/mol. The number of fused-ring (bicyclic) bond motifs is 2. The van der Waals surface area contributed by atoms with E-state index in [2.05, 4.69) is 73.8 Å². The molecule has 0 radical (unpaired) electrons. The summed E-state index contributed by atoms with van der Waals surface area (Å²) in [6.07, 6.45) is 7.19. The minimum Gasteiger partial charge on any atom is -0.0798 e. The van der Waals surface area contributed by atoms with Crippen molar-refractivity contribution in [3.05, 3.63) is 82.9 Å². The van der Waals surface area contributed by atoms with Crippen LogP contribution in [0.25, 0.3) is 10.4 Å². The lowest BCUT2D eigenvalue weighted by Gasteiger charge is -2.28. The monoisotopic (exact) mass is 288 g/mol. The van der Waals surface area contributed by atoms with Crippen LogP contribution < -0.4 is 0 Å². The quantitative estimate of drug-likeness (QED) is 0.678. The first-order chi connectivity index (χ1) is 10.2. The first-order valence-corrected chi connectivity index (χ1v) is 10.8. The molecule has 2 aliphatic rings. The minimum atomic E-state index is -1.62. The maximum Gasteiger partial charge on any atom is 0.113 e. The third-order valence-corrected chi connectivity index (χ3v) is 8.65. The molecule has 2 aromatic rings. The summed E-state index contributed by atoms with van der Waals surface area (Å²) >= 11 is 0. The van der Waals surface area contributed by atoms with Crippen LogP contribution in [0.1, 0.15) is 22.3 Å². The van der Waals surface area contributed by atoms with Crippen LogP contribution in [-0.2, 0) is 12.8 Å². The van der Waals surface area contributed by atoms with Crippen molar-refractivity contribution in [2.24, 2.45) is 0 Å². The Morgan fingerprint density at radius 3 is 1.57 bits per heavy atom. The summed E-state index contributed by atoms with van der Waals surface area (Å²) in [5, 5.41) is 3.25. The molecule has 0 N–H and O–H groups in total. The summed E-state index contributed by atoms with van der Waals surface area (Å²) in [6, 6.07) is 17.9. The Kier molecular flexibility index (Phi) is 2.80. The topological polar surface area (TPSA) is 0 Å². The highest BCUT2D eigenvalue weighted by atomic mass is 28.3. The Hall–Kier alpha value is -1.86. The SMILES string of the molecule is C[Si](C)(C1=CCc2ccccc21)C1=CCc2ccccc21. The largest absolute Gasteiger partial charge is 0.113 e. The molecule has 0 saturated carbocycles. The average Bonchev–Trinajstić information content (AvgIpc) is 3.12. The van der Waals surface area contributed by atoms with E-state index in [1.165, 1.54) is 22.3 Å². The lowest BCUT2D eigenvalue weighted by Crippen LogP contribution is -2.29.